The van der Waals surface area contributed by atoms with E-state index < -0.39 is 5.92 Å². The summed E-state index contributed by atoms with van der Waals surface area (Å²) in [6.07, 6.45) is 0. The molecule has 0 radical (unpaired) electrons. The van der Waals surface area contributed by atoms with Crippen molar-refractivity contribution >= 4 is 0 Å². The van der Waals surface area contributed by atoms with E-state index >= 15 is 0 Å². The molecule has 0 aliphatic rings. The molecule has 0 saturated heterocycles. The van der Waals surface area contributed by atoms with Crippen LogP contribution in [0.2, 0.25) is 0 Å². The number of hydrogen-bond acceptors (Lipinski definition) is 5. The summed E-state index contributed by atoms with van der Waals surface area (Å²) in [7, 11) is 1.62. The first kappa shape index (κ1) is 7.63. The molecule has 58 valence electrons. The van der Waals surface area contributed by atoms with E-state index in [0.29, 0.717) is 5.82 Å². The monoisotopic (exact) mass is 153 g/mol. The Balaban J connectivity index is 2.92. The molecule has 1 rings (SSSR count). The maximum atomic E-state index is 8.69. The number of nitriles is 1. The van der Waals surface area contributed by atoms with Gasteiger partial charge in [-0.25, -0.2) is 4.68 Å². The lowest BCUT2D eigenvalue weighted by molar-refractivity contribution is 0.280. The molecule has 1 aromatic heterocycles. The molecule has 0 spiro atoms. The number of tetrazole rings is 1. The average Bonchev–Trinajstić information content (AvgIpc) is 2.40. The maximum absolute atomic E-state index is 8.69. The molecule has 0 aromatic carbocycles. The highest BCUT2D eigenvalue weighted by Gasteiger charge is 2.15. The molecule has 1 atom stereocenters. The molecule has 1 heterocycles. The summed E-state index contributed by atoms with van der Waals surface area (Å²) >= 11 is 0. The van der Waals surface area contributed by atoms with Gasteiger partial charge in [0.1, 0.15) is 5.92 Å². The van der Waals surface area contributed by atoms with Gasteiger partial charge >= 0.3 is 0 Å². The molecule has 0 bridgehead atoms. The largest absolute Gasteiger partial charge is 0.395 e. The third kappa shape index (κ3) is 1.33. The van der Waals surface area contributed by atoms with Crippen LogP contribution in [0, 0.1) is 11.3 Å². The highest BCUT2D eigenvalue weighted by atomic mass is 16.3. The third-order valence-corrected chi connectivity index (χ3v) is 1.30. The lowest BCUT2D eigenvalue weighted by atomic mass is 10.2. The predicted octanol–water partition coefficient (Wildman–Crippen LogP) is -1.19. The van der Waals surface area contributed by atoms with Crippen LogP contribution in [0.15, 0.2) is 0 Å². The van der Waals surface area contributed by atoms with Crippen molar-refractivity contribution in [2.75, 3.05) is 6.61 Å². The van der Waals surface area contributed by atoms with E-state index in [0.717, 1.165) is 0 Å². The van der Waals surface area contributed by atoms with Crippen molar-refractivity contribution in [1.82, 2.24) is 20.2 Å². The average molecular weight is 153 g/mol. The maximum Gasteiger partial charge on any atom is 0.170 e. The summed E-state index contributed by atoms with van der Waals surface area (Å²) in [5, 5.41) is 27.6. The Morgan fingerprint density at radius 2 is 2.55 bits per heavy atom. The third-order valence-electron chi connectivity index (χ3n) is 1.30. The second-order valence-corrected chi connectivity index (χ2v) is 2.02. The Kier molecular flexibility index (Phi) is 2.13. The zero-order chi connectivity index (χ0) is 8.27. The molecule has 1 unspecified atom stereocenters. The molecular weight excluding hydrogens is 146 g/mol. The van der Waals surface area contributed by atoms with Gasteiger partial charge in [0.25, 0.3) is 0 Å². The van der Waals surface area contributed by atoms with Crippen molar-refractivity contribution in [2.45, 2.75) is 5.92 Å². The van der Waals surface area contributed by atoms with Gasteiger partial charge in [0.05, 0.1) is 12.7 Å². The lowest BCUT2D eigenvalue weighted by Gasteiger charge is -2.00. The Bertz CT molecular complexity index is 275. The van der Waals surface area contributed by atoms with Crippen LogP contribution in [0.3, 0.4) is 0 Å². The number of hydrogen-bond donors (Lipinski definition) is 1. The van der Waals surface area contributed by atoms with Gasteiger partial charge in [0.2, 0.25) is 0 Å². The van der Waals surface area contributed by atoms with Crippen molar-refractivity contribution in [3.8, 4) is 6.07 Å². The molecule has 0 fully saturated rings. The fourth-order valence-electron chi connectivity index (χ4n) is 0.712. The number of aliphatic hydroxyl groups excluding tert-OH is 1. The first-order valence-electron chi connectivity index (χ1n) is 3.02. The molecule has 0 saturated carbocycles. The summed E-state index contributed by atoms with van der Waals surface area (Å²) in [6.45, 7) is -0.259. The molecule has 6 nitrogen and oxygen atoms in total. The molecule has 0 amide bonds. The first-order chi connectivity index (χ1) is 5.29. The van der Waals surface area contributed by atoms with Crippen molar-refractivity contribution in [2.24, 2.45) is 7.05 Å². The first-order valence-corrected chi connectivity index (χ1v) is 3.02. The SMILES string of the molecule is Cn1nnnc1C(C#N)CO. The highest BCUT2D eigenvalue weighted by molar-refractivity contribution is 5.05. The normalized spacial score (nSPS) is 12.5. The number of nitrogens with zero attached hydrogens (tertiary/aromatic N) is 5. The number of aliphatic hydroxyl groups is 1. The molecular formula is C5H7N5O. The minimum atomic E-state index is -0.630. The van der Waals surface area contributed by atoms with Crippen LogP contribution in [0.1, 0.15) is 11.7 Å². The minimum absolute atomic E-state index is 0.259. The zero-order valence-corrected chi connectivity index (χ0v) is 5.97. The minimum Gasteiger partial charge on any atom is -0.395 e. The van der Waals surface area contributed by atoms with Crippen LogP contribution in [0.4, 0.5) is 0 Å². The predicted molar refractivity (Wildman–Crippen MR) is 34.2 cm³/mol. The van der Waals surface area contributed by atoms with Crippen LogP contribution in [0.5, 0.6) is 0 Å². The Morgan fingerprint density at radius 3 is 2.91 bits per heavy atom. The summed E-state index contributed by atoms with van der Waals surface area (Å²) in [5.41, 5.74) is 0. The lowest BCUT2D eigenvalue weighted by Crippen LogP contribution is -2.08. The van der Waals surface area contributed by atoms with Gasteiger partial charge in [-0.15, -0.1) is 5.10 Å². The van der Waals surface area contributed by atoms with Crippen LogP contribution >= 0.6 is 0 Å². The van der Waals surface area contributed by atoms with Gasteiger partial charge in [0.15, 0.2) is 5.82 Å². The van der Waals surface area contributed by atoms with Crippen LogP contribution < -0.4 is 0 Å². The standard InChI is InChI=1S/C5H7N5O/c1-10-5(7-8-9-10)4(2-6)3-11/h4,11H,3H2,1H3. The van der Waals surface area contributed by atoms with Crippen molar-refractivity contribution < 1.29 is 5.11 Å². The summed E-state index contributed by atoms with van der Waals surface area (Å²) in [5.74, 6) is -0.245. The van der Waals surface area contributed by atoms with Gasteiger partial charge in [0, 0.05) is 7.05 Å². The second kappa shape index (κ2) is 3.07. The van der Waals surface area contributed by atoms with Gasteiger partial charge in [-0.2, -0.15) is 5.26 Å². The second-order valence-electron chi connectivity index (χ2n) is 2.02. The molecule has 1 N–H and O–H groups in total. The topological polar surface area (TPSA) is 87.6 Å². The van der Waals surface area contributed by atoms with Crippen LogP contribution in [0.25, 0.3) is 0 Å². The van der Waals surface area contributed by atoms with Gasteiger partial charge in [-0.05, 0) is 10.4 Å². The van der Waals surface area contributed by atoms with E-state index in [-0.39, 0.29) is 6.61 Å². The molecule has 0 aliphatic carbocycles. The van der Waals surface area contributed by atoms with E-state index in [1.54, 1.807) is 7.05 Å². The van der Waals surface area contributed by atoms with Gasteiger partial charge in [-0.3, -0.25) is 0 Å². The Morgan fingerprint density at radius 1 is 1.82 bits per heavy atom. The smallest absolute Gasteiger partial charge is 0.170 e. The van der Waals surface area contributed by atoms with E-state index in [9.17, 15) is 0 Å². The fraction of sp³-hybridized carbons (Fsp3) is 0.600. The summed E-state index contributed by atoms with van der Waals surface area (Å²) in [4.78, 5) is 0. The van der Waals surface area contributed by atoms with Gasteiger partial charge in [-0.1, -0.05) is 0 Å². The summed E-state index contributed by atoms with van der Waals surface area (Å²) < 4.78 is 1.37. The molecule has 6 heteroatoms. The number of aryl methyl sites for hydroxylation is 1. The Labute approximate surface area is 63.1 Å². The van der Waals surface area contributed by atoms with Crippen LogP contribution in [-0.4, -0.2) is 31.9 Å². The highest BCUT2D eigenvalue weighted by Crippen LogP contribution is 2.07. The summed E-state index contributed by atoms with van der Waals surface area (Å²) in [6, 6.07) is 1.88. The number of aromatic nitrogens is 4. The molecule has 1 aromatic rings. The van der Waals surface area contributed by atoms with Crippen molar-refractivity contribution in [1.29, 1.82) is 5.26 Å². The van der Waals surface area contributed by atoms with Crippen molar-refractivity contribution in [3.05, 3.63) is 5.82 Å². The van der Waals surface area contributed by atoms with Crippen molar-refractivity contribution in [3.63, 3.8) is 0 Å². The Hall–Kier alpha value is -1.48. The fourth-order valence-corrected chi connectivity index (χ4v) is 0.712. The molecule has 0 aliphatic heterocycles. The zero-order valence-electron chi connectivity index (χ0n) is 5.97. The van der Waals surface area contributed by atoms with E-state index in [1.807, 2.05) is 6.07 Å². The molecule has 11 heavy (non-hydrogen) atoms. The van der Waals surface area contributed by atoms with Crippen LogP contribution in [-0.2, 0) is 7.05 Å². The van der Waals surface area contributed by atoms with E-state index in [2.05, 4.69) is 15.5 Å². The number of rotatable bonds is 2. The quantitative estimate of drug-likeness (QED) is 0.577. The van der Waals surface area contributed by atoms with E-state index in [1.165, 1.54) is 4.68 Å². The van der Waals surface area contributed by atoms with E-state index in [4.69, 9.17) is 10.4 Å². The van der Waals surface area contributed by atoms with Gasteiger partial charge < -0.3 is 5.11 Å².